The molecule has 0 radical (unpaired) electrons. The Labute approximate surface area is 89.9 Å². The fourth-order valence-corrected chi connectivity index (χ4v) is 2.15. The van der Waals surface area contributed by atoms with Gasteiger partial charge in [-0.25, -0.2) is 9.63 Å². The van der Waals surface area contributed by atoms with Gasteiger partial charge in [-0.15, -0.1) is 0 Å². The average molecular weight is 207 g/mol. The van der Waals surface area contributed by atoms with Crippen molar-refractivity contribution in [3.05, 3.63) is 29.1 Å². The Balaban J connectivity index is 2.33. The number of nitrogens with two attached hydrogens (primary N) is 1. The van der Waals surface area contributed by atoms with Crippen molar-refractivity contribution < 1.29 is 4.73 Å². The van der Waals surface area contributed by atoms with Crippen LogP contribution >= 0.6 is 0 Å². The zero-order valence-electron chi connectivity index (χ0n) is 9.18. The van der Waals surface area contributed by atoms with Crippen molar-refractivity contribution in [2.45, 2.75) is 26.4 Å². The summed E-state index contributed by atoms with van der Waals surface area (Å²) in [5.41, 5.74) is 6.70. The smallest absolute Gasteiger partial charge is 0.281 e. The summed E-state index contributed by atoms with van der Waals surface area (Å²) >= 11 is 0. The molecule has 1 aromatic rings. The zero-order valence-corrected chi connectivity index (χ0v) is 9.18. The maximum absolute atomic E-state index is 11.8. The Bertz CT molecular complexity index is 367. The molecule has 0 aliphatic carbocycles. The summed E-state index contributed by atoms with van der Waals surface area (Å²) in [6.45, 7) is 4.83. The topological polar surface area (TPSA) is 56.2 Å². The Morgan fingerprint density at radius 3 is 2.87 bits per heavy atom. The van der Waals surface area contributed by atoms with Gasteiger partial charge in [0.15, 0.2) is 0 Å². The molecule has 2 heterocycles. The molecule has 1 saturated heterocycles. The number of pyridine rings is 1. The minimum Gasteiger partial charge on any atom is -0.710 e. The lowest BCUT2D eigenvalue weighted by Gasteiger charge is -2.20. The van der Waals surface area contributed by atoms with E-state index < -0.39 is 0 Å². The van der Waals surface area contributed by atoms with E-state index in [-0.39, 0.29) is 6.17 Å². The van der Waals surface area contributed by atoms with Gasteiger partial charge in [-0.2, -0.15) is 0 Å². The molecule has 1 aliphatic rings. The maximum atomic E-state index is 11.8. The summed E-state index contributed by atoms with van der Waals surface area (Å²) in [5.74, 6) is 1.23. The first-order chi connectivity index (χ1) is 7.09. The van der Waals surface area contributed by atoms with E-state index in [1.807, 2.05) is 30.0 Å². The second kappa shape index (κ2) is 3.70. The molecule has 1 fully saturated rings. The average Bonchev–Trinajstić information content (AvgIpc) is 2.50. The van der Waals surface area contributed by atoms with Gasteiger partial charge in [0.2, 0.25) is 0 Å². The molecule has 0 bridgehead atoms. The molecule has 15 heavy (non-hydrogen) atoms. The standard InChI is InChI=1S/C11H17N3O/c1-8-6-10(12)13(7-8)11-5-3-4-9(2)14(11)15/h3-5,8,10H,6-7,12H2,1-2H3. The van der Waals surface area contributed by atoms with Gasteiger partial charge in [0.25, 0.3) is 5.82 Å². The quantitative estimate of drug-likeness (QED) is 0.546. The van der Waals surface area contributed by atoms with Gasteiger partial charge in [-0.3, -0.25) is 5.73 Å². The molecule has 0 spiro atoms. The van der Waals surface area contributed by atoms with E-state index >= 15 is 0 Å². The third-order valence-electron chi connectivity index (χ3n) is 2.96. The number of nitrogens with zero attached hydrogens (tertiary/aromatic N) is 2. The van der Waals surface area contributed by atoms with Gasteiger partial charge in [-0.05, 0) is 18.9 Å². The molecule has 0 aromatic carbocycles. The van der Waals surface area contributed by atoms with Crippen LogP contribution in [0.3, 0.4) is 0 Å². The number of hydrogen-bond donors (Lipinski definition) is 1. The fraction of sp³-hybridized carbons (Fsp3) is 0.545. The minimum atomic E-state index is -0.0259. The molecule has 82 valence electrons. The Morgan fingerprint density at radius 2 is 2.27 bits per heavy atom. The first-order valence-electron chi connectivity index (χ1n) is 5.31. The molecule has 4 heteroatoms. The van der Waals surface area contributed by atoms with Gasteiger partial charge in [0.05, 0.1) is 6.54 Å². The number of rotatable bonds is 1. The van der Waals surface area contributed by atoms with E-state index in [1.165, 1.54) is 0 Å². The normalized spacial score (nSPS) is 25.9. The van der Waals surface area contributed by atoms with Crippen molar-refractivity contribution in [1.29, 1.82) is 0 Å². The lowest BCUT2D eigenvalue weighted by atomic mass is 10.1. The van der Waals surface area contributed by atoms with Crippen LogP contribution in [0.4, 0.5) is 5.82 Å². The summed E-state index contributed by atoms with van der Waals surface area (Å²) in [6.07, 6.45) is 0.926. The molecule has 0 amide bonds. The highest BCUT2D eigenvalue weighted by molar-refractivity contribution is 5.36. The highest BCUT2D eigenvalue weighted by atomic mass is 16.5. The summed E-state index contributed by atoms with van der Waals surface area (Å²) in [7, 11) is 0. The molecule has 2 unspecified atom stereocenters. The largest absolute Gasteiger partial charge is 0.710 e. The van der Waals surface area contributed by atoms with E-state index in [0.29, 0.717) is 17.4 Å². The van der Waals surface area contributed by atoms with E-state index in [2.05, 4.69) is 6.92 Å². The monoisotopic (exact) mass is 207 g/mol. The molecule has 2 N–H and O–H groups in total. The van der Waals surface area contributed by atoms with E-state index in [1.54, 1.807) is 0 Å². The third kappa shape index (κ3) is 1.77. The molecule has 2 rings (SSSR count). The van der Waals surface area contributed by atoms with Crippen LogP contribution in [0.25, 0.3) is 0 Å². The van der Waals surface area contributed by atoms with Crippen LogP contribution in [0.2, 0.25) is 0 Å². The second-order valence-corrected chi connectivity index (χ2v) is 4.38. The van der Waals surface area contributed by atoms with Gasteiger partial charge in [0, 0.05) is 12.5 Å². The van der Waals surface area contributed by atoms with Crippen LogP contribution < -0.4 is 15.4 Å². The SMILES string of the molecule is Cc1cccc(N2CC(C)CC2N)[n+]1[O-]. The Kier molecular flexibility index (Phi) is 2.52. The molecule has 0 saturated carbocycles. The highest BCUT2D eigenvalue weighted by Gasteiger charge is 2.34. The van der Waals surface area contributed by atoms with Crippen LogP contribution in [0.1, 0.15) is 19.0 Å². The molecule has 2 atom stereocenters. The van der Waals surface area contributed by atoms with Crippen molar-refractivity contribution in [1.82, 2.24) is 0 Å². The van der Waals surface area contributed by atoms with Crippen LogP contribution in [0.5, 0.6) is 0 Å². The predicted octanol–water partition coefficient (Wildman–Crippen LogP) is 0.759. The van der Waals surface area contributed by atoms with E-state index in [4.69, 9.17) is 5.73 Å². The summed E-state index contributed by atoms with van der Waals surface area (Å²) in [5, 5.41) is 11.8. The summed E-state index contributed by atoms with van der Waals surface area (Å²) in [6, 6.07) is 5.54. The van der Waals surface area contributed by atoms with Crippen LogP contribution in [-0.2, 0) is 0 Å². The first-order valence-corrected chi connectivity index (χ1v) is 5.31. The second-order valence-electron chi connectivity index (χ2n) is 4.38. The van der Waals surface area contributed by atoms with Crippen molar-refractivity contribution in [2.24, 2.45) is 11.7 Å². The van der Waals surface area contributed by atoms with E-state index in [9.17, 15) is 5.21 Å². The third-order valence-corrected chi connectivity index (χ3v) is 2.96. The Hall–Kier alpha value is -1.29. The number of aromatic nitrogens is 1. The van der Waals surface area contributed by atoms with Crippen molar-refractivity contribution in [3.8, 4) is 0 Å². The van der Waals surface area contributed by atoms with Gasteiger partial charge in [-0.1, -0.05) is 13.0 Å². The van der Waals surface area contributed by atoms with Gasteiger partial charge < -0.3 is 5.21 Å². The van der Waals surface area contributed by atoms with Crippen LogP contribution in [0, 0.1) is 18.0 Å². The lowest BCUT2D eigenvalue weighted by molar-refractivity contribution is -0.599. The summed E-state index contributed by atoms with van der Waals surface area (Å²) < 4.78 is 0.956. The number of hydrogen-bond acceptors (Lipinski definition) is 3. The molecule has 4 nitrogen and oxygen atoms in total. The van der Waals surface area contributed by atoms with Gasteiger partial charge >= 0.3 is 0 Å². The number of aryl methyl sites for hydroxylation is 1. The van der Waals surface area contributed by atoms with Crippen LogP contribution in [0.15, 0.2) is 18.2 Å². The first kappa shape index (κ1) is 10.2. The van der Waals surface area contributed by atoms with Crippen molar-refractivity contribution >= 4 is 5.82 Å². The molecular formula is C11H17N3O. The van der Waals surface area contributed by atoms with Crippen molar-refractivity contribution in [2.75, 3.05) is 11.4 Å². The lowest BCUT2D eigenvalue weighted by Crippen LogP contribution is -2.45. The van der Waals surface area contributed by atoms with E-state index in [0.717, 1.165) is 17.7 Å². The van der Waals surface area contributed by atoms with Gasteiger partial charge in [0.1, 0.15) is 11.9 Å². The summed E-state index contributed by atoms with van der Waals surface area (Å²) in [4.78, 5) is 1.99. The predicted molar refractivity (Wildman–Crippen MR) is 59.2 cm³/mol. The maximum Gasteiger partial charge on any atom is 0.281 e. The molecule has 1 aromatic heterocycles. The number of anilines is 1. The fourth-order valence-electron chi connectivity index (χ4n) is 2.15. The van der Waals surface area contributed by atoms with Crippen molar-refractivity contribution in [3.63, 3.8) is 0 Å². The molecule has 1 aliphatic heterocycles. The zero-order chi connectivity index (χ0) is 11.0. The van der Waals surface area contributed by atoms with Crippen LogP contribution in [-0.4, -0.2) is 12.7 Å². The molecular weight excluding hydrogens is 190 g/mol. The Morgan fingerprint density at radius 1 is 1.53 bits per heavy atom. The highest BCUT2D eigenvalue weighted by Crippen LogP contribution is 2.23. The minimum absolute atomic E-state index is 0.0259.